The number of carbonyl (C=O) groups excluding carboxylic acids is 1. The van der Waals surface area contributed by atoms with E-state index in [1.54, 1.807) is 30.0 Å². The molecule has 148 valence electrons. The summed E-state index contributed by atoms with van der Waals surface area (Å²) in [7, 11) is -3.67. The molecule has 0 aromatic heterocycles. The lowest BCUT2D eigenvalue weighted by molar-refractivity contribution is -0.127. The molecular formula is C21H24N2O4S. The molecule has 0 radical (unpaired) electrons. The number of fused-ring (bicyclic) bond motifs is 1. The van der Waals surface area contributed by atoms with Gasteiger partial charge in [-0.05, 0) is 68.5 Å². The van der Waals surface area contributed by atoms with Crippen molar-refractivity contribution in [3.05, 3.63) is 53.1 Å². The van der Waals surface area contributed by atoms with Crippen molar-refractivity contribution in [1.82, 2.24) is 0 Å². The van der Waals surface area contributed by atoms with Gasteiger partial charge < -0.3 is 9.64 Å². The number of benzene rings is 2. The minimum atomic E-state index is -3.67. The fraction of sp³-hybridized carbons (Fsp3) is 0.381. The number of hydrogen-bond donors (Lipinski definition) is 1. The van der Waals surface area contributed by atoms with E-state index in [0.29, 0.717) is 30.8 Å². The summed E-state index contributed by atoms with van der Waals surface area (Å²) in [6.07, 6.45) is 2.02. The maximum absolute atomic E-state index is 12.8. The molecule has 1 unspecified atom stereocenters. The molecule has 7 heteroatoms. The molecule has 1 fully saturated rings. The molecule has 1 atom stereocenters. The summed E-state index contributed by atoms with van der Waals surface area (Å²) in [5.74, 6) is -0.000129. The first kappa shape index (κ1) is 19.0. The summed E-state index contributed by atoms with van der Waals surface area (Å²) in [5.41, 5.74) is 4.04. The molecule has 0 bridgehead atoms. The zero-order valence-corrected chi connectivity index (χ0v) is 16.9. The van der Waals surface area contributed by atoms with Crippen LogP contribution in [0.15, 0.2) is 41.3 Å². The van der Waals surface area contributed by atoms with E-state index < -0.39 is 10.0 Å². The molecular weight excluding hydrogens is 376 g/mol. The highest BCUT2D eigenvalue weighted by Gasteiger charge is 2.32. The van der Waals surface area contributed by atoms with Gasteiger partial charge in [0.2, 0.25) is 0 Å². The molecule has 2 heterocycles. The number of ether oxygens (including phenoxy) is 1. The Kier molecular flexibility index (Phi) is 4.89. The van der Waals surface area contributed by atoms with Crippen LogP contribution in [0.25, 0.3) is 0 Å². The minimum absolute atomic E-state index is 0.000129. The summed E-state index contributed by atoms with van der Waals surface area (Å²) < 4.78 is 33.8. The quantitative estimate of drug-likeness (QED) is 0.855. The Bertz CT molecular complexity index is 1030. The average molecular weight is 401 g/mol. The fourth-order valence-corrected chi connectivity index (χ4v) is 5.23. The smallest absolute Gasteiger partial charge is 0.262 e. The van der Waals surface area contributed by atoms with Crippen molar-refractivity contribution in [2.45, 2.75) is 44.1 Å². The van der Waals surface area contributed by atoms with Crippen LogP contribution >= 0.6 is 0 Å². The topological polar surface area (TPSA) is 75.7 Å². The fourth-order valence-electron chi connectivity index (χ4n) is 3.95. The van der Waals surface area contributed by atoms with Gasteiger partial charge in [-0.3, -0.25) is 9.52 Å². The second kappa shape index (κ2) is 7.22. The van der Waals surface area contributed by atoms with Gasteiger partial charge in [-0.2, -0.15) is 0 Å². The second-order valence-electron chi connectivity index (χ2n) is 7.46. The lowest BCUT2D eigenvalue weighted by Crippen LogP contribution is -2.37. The van der Waals surface area contributed by atoms with Crippen molar-refractivity contribution in [3.63, 3.8) is 0 Å². The third-order valence-corrected chi connectivity index (χ3v) is 6.86. The number of nitrogens with zero attached hydrogens (tertiary/aromatic N) is 1. The van der Waals surface area contributed by atoms with Crippen LogP contribution in [0.2, 0.25) is 0 Å². The lowest BCUT2D eigenvalue weighted by Gasteiger charge is -2.21. The van der Waals surface area contributed by atoms with E-state index in [9.17, 15) is 13.2 Å². The largest absolute Gasteiger partial charge is 0.368 e. The van der Waals surface area contributed by atoms with Gasteiger partial charge in [0, 0.05) is 24.5 Å². The monoisotopic (exact) mass is 400 g/mol. The van der Waals surface area contributed by atoms with Gasteiger partial charge in [0.25, 0.3) is 15.9 Å². The molecule has 4 rings (SSSR count). The minimum Gasteiger partial charge on any atom is -0.368 e. The summed E-state index contributed by atoms with van der Waals surface area (Å²) in [6.45, 7) is 4.96. The van der Waals surface area contributed by atoms with E-state index in [4.69, 9.17) is 4.74 Å². The molecule has 0 saturated carbocycles. The van der Waals surface area contributed by atoms with Crippen LogP contribution in [0.4, 0.5) is 11.4 Å². The van der Waals surface area contributed by atoms with Crippen LogP contribution < -0.4 is 9.62 Å². The Morgan fingerprint density at radius 2 is 2.00 bits per heavy atom. The third kappa shape index (κ3) is 3.52. The van der Waals surface area contributed by atoms with E-state index in [1.807, 2.05) is 25.1 Å². The second-order valence-corrected chi connectivity index (χ2v) is 9.11. The molecule has 28 heavy (non-hydrogen) atoms. The van der Waals surface area contributed by atoms with E-state index in [2.05, 4.69) is 4.72 Å². The predicted molar refractivity (Wildman–Crippen MR) is 108 cm³/mol. The number of anilines is 2. The molecule has 1 saturated heterocycles. The first-order valence-corrected chi connectivity index (χ1v) is 11.0. The molecule has 2 aromatic carbocycles. The number of amides is 1. The highest BCUT2D eigenvalue weighted by Crippen LogP contribution is 2.33. The van der Waals surface area contributed by atoms with Gasteiger partial charge in [-0.25, -0.2) is 8.42 Å². The van der Waals surface area contributed by atoms with Crippen molar-refractivity contribution < 1.29 is 17.9 Å². The number of carbonyl (C=O) groups is 1. The molecule has 6 nitrogen and oxygen atoms in total. The zero-order chi connectivity index (χ0) is 19.9. The van der Waals surface area contributed by atoms with Crippen LogP contribution in [0.5, 0.6) is 0 Å². The molecule has 1 N–H and O–H groups in total. The number of sulfonamides is 1. The highest BCUT2D eigenvalue weighted by atomic mass is 32.2. The summed E-state index contributed by atoms with van der Waals surface area (Å²) in [4.78, 5) is 14.7. The Morgan fingerprint density at radius 3 is 2.71 bits per heavy atom. The van der Waals surface area contributed by atoms with Crippen molar-refractivity contribution in [3.8, 4) is 0 Å². The molecule has 2 aromatic rings. The molecule has 0 aliphatic carbocycles. The number of nitrogens with one attached hydrogen (secondary N) is 1. The van der Waals surface area contributed by atoms with Gasteiger partial charge in [0.15, 0.2) is 0 Å². The van der Waals surface area contributed by atoms with Crippen molar-refractivity contribution in [2.24, 2.45) is 0 Å². The third-order valence-electron chi connectivity index (χ3n) is 5.32. The summed E-state index contributed by atoms with van der Waals surface area (Å²) >= 11 is 0. The Hall–Kier alpha value is -2.38. The van der Waals surface area contributed by atoms with Crippen LogP contribution in [0.3, 0.4) is 0 Å². The Balaban J connectivity index is 1.56. The Labute approximate surface area is 165 Å². The van der Waals surface area contributed by atoms with Crippen LogP contribution in [0.1, 0.15) is 29.5 Å². The van der Waals surface area contributed by atoms with Crippen LogP contribution in [-0.2, 0) is 26.0 Å². The molecule has 2 aliphatic heterocycles. The summed E-state index contributed by atoms with van der Waals surface area (Å²) in [5, 5.41) is 0. The molecule has 1 amide bonds. The van der Waals surface area contributed by atoms with E-state index in [1.165, 1.54) is 0 Å². The van der Waals surface area contributed by atoms with Gasteiger partial charge in [-0.1, -0.05) is 17.7 Å². The van der Waals surface area contributed by atoms with Crippen molar-refractivity contribution in [1.29, 1.82) is 0 Å². The van der Waals surface area contributed by atoms with Gasteiger partial charge >= 0.3 is 0 Å². The van der Waals surface area contributed by atoms with Gasteiger partial charge in [-0.15, -0.1) is 0 Å². The van der Waals surface area contributed by atoms with E-state index in [-0.39, 0.29) is 16.9 Å². The number of aryl methyl sites for hydroxylation is 2. The lowest BCUT2D eigenvalue weighted by atomic mass is 10.1. The maximum Gasteiger partial charge on any atom is 0.262 e. The average Bonchev–Trinajstić information content (AvgIpc) is 3.30. The predicted octanol–water partition coefficient (Wildman–Crippen LogP) is 3.17. The van der Waals surface area contributed by atoms with Crippen molar-refractivity contribution in [2.75, 3.05) is 22.8 Å². The maximum atomic E-state index is 12.8. The standard InChI is InChI=1S/C21H24N2O4S/c1-14-5-8-20(15(2)12-14)28(25,26)22-17-6-7-18-16(13-17)9-10-23(18)21(24)19-4-3-11-27-19/h5-8,12-13,19,22H,3-4,9-11H2,1-2H3. The zero-order valence-electron chi connectivity index (χ0n) is 16.1. The van der Waals surface area contributed by atoms with Gasteiger partial charge in [0.05, 0.1) is 4.90 Å². The number of rotatable bonds is 4. The van der Waals surface area contributed by atoms with Gasteiger partial charge in [0.1, 0.15) is 6.10 Å². The Morgan fingerprint density at radius 1 is 1.18 bits per heavy atom. The molecule has 0 spiro atoms. The van der Waals surface area contributed by atoms with E-state index >= 15 is 0 Å². The normalized spacial score (nSPS) is 18.9. The van der Waals surface area contributed by atoms with Crippen molar-refractivity contribution >= 4 is 27.3 Å². The SMILES string of the molecule is Cc1ccc(S(=O)(=O)Nc2ccc3c(c2)CCN3C(=O)C2CCCO2)c(C)c1. The highest BCUT2D eigenvalue weighted by molar-refractivity contribution is 7.92. The molecule has 2 aliphatic rings. The first-order chi connectivity index (χ1) is 13.3. The van der Waals surface area contributed by atoms with Crippen LogP contribution in [0, 0.1) is 13.8 Å². The summed E-state index contributed by atoms with van der Waals surface area (Å²) in [6, 6.07) is 10.6. The first-order valence-electron chi connectivity index (χ1n) is 9.51. The number of hydrogen-bond acceptors (Lipinski definition) is 4. The van der Waals surface area contributed by atoms with Crippen LogP contribution in [-0.4, -0.2) is 33.6 Å². The van der Waals surface area contributed by atoms with E-state index in [0.717, 1.165) is 29.7 Å².